The molecular formula is C18H20BrNO. The average molecular weight is 346 g/mol. The maximum absolute atomic E-state index is 6.01. The zero-order valence-corrected chi connectivity index (χ0v) is 14.3. The maximum atomic E-state index is 6.01. The Bertz CT molecular complexity index is 658. The summed E-state index contributed by atoms with van der Waals surface area (Å²) < 4.78 is 7.13. The van der Waals surface area contributed by atoms with Crippen molar-refractivity contribution in [3.05, 3.63) is 57.1 Å². The highest BCUT2D eigenvalue weighted by atomic mass is 79.9. The number of anilines is 1. The standard InChI is InChI=1S/C18H20BrNO/c1-11-4-5-17-14(7-11)9-15(21-17)10-20-18-13(3)6-12(2)8-16(18)19/h4-8,15,20H,9-10H2,1-3H3. The van der Waals surface area contributed by atoms with E-state index in [0.29, 0.717) is 0 Å². The monoisotopic (exact) mass is 345 g/mol. The van der Waals surface area contributed by atoms with Crippen molar-refractivity contribution >= 4 is 21.6 Å². The molecule has 1 unspecified atom stereocenters. The molecule has 1 aliphatic heterocycles. The highest BCUT2D eigenvalue weighted by Crippen LogP contribution is 2.31. The molecule has 2 aromatic carbocycles. The molecule has 110 valence electrons. The number of fused-ring (bicyclic) bond motifs is 1. The molecule has 0 aliphatic carbocycles. The molecule has 2 nitrogen and oxygen atoms in total. The van der Waals surface area contributed by atoms with Gasteiger partial charge in [0.15, 0.2) is 0 Å². The van der Waals surface area contributed by atoms with Crippen molar-refractivity contribution < 1.29 is 4.74 Å². The highest BCUT2D eigenvalue weighted by Gasteiger charge is 2.22. The fourth-order valence-electron chi connectivity index (χ4n) is 2.92. The van der Waals surface area contributed by atoms with Gasteiger partial charge in [0.05, 0.1) is 12.2 Å². The van der Waals surface area contributed by atoms with Crippen LogP contribution in [0.15, 0.2) is 34.8 Å². The molecule has 21 heavy (non-hydrogen) atoms. The lowest BCUT2D eigenvalue weighted by Crippen LogP contribution is -2.24. The minimum absolute atomic E-state index is 0.203. The number of benzene rings is 2. The second-order valence-electron chi connectivity index (χ2n) is 5.87. The molecule has 0 bridgehead atoms. The molecule has 1 atom stereocenters. The van der Waals surface area contributed by atoms with Crippen LogP contribution in [0.1, 0.15) is 22.3 Å². The SMILES string of the molecule is Cc1cc(C)c(NCC2Cc3cc(C)ccc3O2)c(Br)c1. The summed E-state index contributed by atoms with van der Waals surface area (Å²) in [6.07, 6.45) is 1.18. The first-order valence-corrected chi connectivity index (χ1v) is 8.09. The summed E-state index contributed by atoms with van der Waals surface area (Å²) in [6.45, 7) is 7.18. The van der Waals surface area contributed by atoms with Crippen molar-refractivity contribution in [2.45, 2.75) is 33.3 Å². The normalized spacial score (nSPS) is 16.5. The lowest BCUT2D eigenvalue weighted by atomic mass is 10.1. The molecular weight excluding hydrogens is 326 g/mol. The van der Waals surface area contributed by atoms with Gasteiger partial charge in [-0.05, 0) is 65.5 Å². The predicted molar refractivity (Wildman–Crippen MR) is 91.4 cm³/mol. The third-order valence-corrected chi connectivity index (χ3v) is 4.52. The third kappa shape index (κ3) is 3.08. The van der Waals surface area contributed by atoms with Crippen molar-refractivity contribution in [3.8, 4) is 5.75 Å². The first kappa shape index (κ1) is 14.5. The average Bonchev–Trinajstić information content (AvgIpc) is 2.79. The maximum Gasteiger partial charge on any atom is 0.123 e. The van der Waals surface area contributed by atoms with Gasteiger partial charge in [0, 0.05) is 10.9 Å². The van der Waals surface area contributed by atoms with Crippen LogP contribution in [0.2, 0.25) is 0 Å². The van der Waals surface area contributed by atoms with Gasteiger partial charge in [-0.3, -0.25) is 0 Å². The summed E-state index contributed by atoms with van der Waals surface area (Å²) in [7, 11) is 0. The topological polar surface area (TPSA) is 21.3 Å². The van der Waals surface area contributed by atoms with Crippen molar-refractivity contribution in [2.75, 3.05) is 11.9 Å². The van der Waals surface area contributed by atoms with E-state index in [1.165, 1.54) is 22.3 Å². The van der Waals surface area contributed by atoms with Crippen molar-refractivity contribution in [2.24, 2.45) is 0 Å². The molecule has 1 N–H and O–H groups in total. The van der Waals surface area contributed by atoms with E-state index in [1.54, 1.807) is 0 Å². The van der Waals surface area contributed by atoms with Crippen LogP contribution < -0.4 is 10.1 Å². The van der Waals surface area contributed by atoms with Crippen LogP contribution in [0, 0.1) is 20.8 Å². The summed E-state index contributed by atoms with van der Waals surface area (Å²) in [5.41, 5.74) is 6.30. The Balaban J connectivity index is 1.68. The van der Waals surface area contributed by atoms with Crippen LogP contribution >= 0.6 is 15.9 Å². The van der Waals surface area contributed by atoms with E-state index >= 15 is 0 Å². The molecule has 1 heterocycles. The number of halogens is 1. The fourth-order valence-corrected chi connectivity index (χ4v) is 3.73. The van der Waals surface area contributed by atoms with E-state index in [4.69, 9.17) is 4.74 Å². The lowest BCUT2D eigenvalue weighted by Gasteiger charge is -2.16. The van der Waals surface area contributed by atoms with E-state index < -0.39 is 0 Å². The van der Waals surface area contributed by atoms with Crippen molar-refractivity contribution in [1.82, 2.24) is 0 Å². The van der Waals surface area contributed by atoms with Gasteiger partial charge in [0.25, 0.3) is 0 Å². The Kier molecular flexibility index (Phi) is 3.94. The van der Waals surface area contributed by atoms with E-state index in [0.717, 1.165) is 28.9 Å². The Morgan fingerprint density at radius 3 is 2.71 bits per heavy atom. The summed E-state index contributed by atoms with van der Waals surface area (Å²) in [5, 5.41) is 3.53. The molecule has 0 fully saturated rings. The second kappa shape index (κ2) is 5.72. The fraction of sp³-hybridized carbons (Fsp3) is 0.333. The number of rotatable bonds is 3. The largest absolute Gasteiger partial charge is 0.488 e. The van der Waals surface area contributed by atoms with E-state index in [-0.39, 0.29) is 6.10 Å². The van der Waals surface area contributed by atoms with Crippen LogP contribution in [0.5, 0.6) is 5.75 Å². The zero-order valence-electron chi connectivity index (χ0n) is 12.7. The summed E-state index contributed by atoms with van der Waals surface area (Å²) in [4.78, 5) is 0. The highest BCUT2D eigenvalue weighted by molar-refractivity contribution is 9.10. The number of hydrogen-bond donors (Lipinski definition) is 1. The quantitative estimate of drug-likeness (QED) is 0.863. The van der Waals surface area contributed by atoms with Gasteiger partial charge < -0.3 is 10.1 Å². The molecule has 1 aliphatic rings. The molecule has 0 saturated heterocycles. The molecule has 0 saturated carbocycles. The van der Waals surface area contributed by atoms with E-state index in [1.807, 2.05) is 0 Å². The predicted octanol–water partition coefficient (Wildman–Crippen LogP) is 4.79. The number of aryl methyl sites for hydroxylation is 3. The van der Waals surface area contributed by atoms with E-state index in [9.17, 15) is 0 Å². The van der Waals surface area contributed by atoms with E-state index in [2.05, 4.69) is 72.3 Å². The molecule has 0 amide bonds. The summed E-state index contributed by atoms with van der Waals surface area (Å²) in [6, 6.07) is 10.7. The number of hydrogen-bond acceptors (Lipinski definition) is 2. The van der Waals surface area contributed by atoms with Gasteiger partial charge in [0.2, 0.25) is 0 Å². The van der Waals surface area contributed by atoms with Crippen molar-refractivity contribution in [3.63, 3.8) is 0 Å². The van der Waals surface area contributed by atoms with Crippen LogP contribution in [0.4, 0.5) is 5.69 Å². The van der Waals surface area contributed by atoms with Gasteiger partial charge >= 0.3 is 0 Å². The van der Waals surface area contributed by atoms with Crippen LogP contribution in [0.25, 0.3) is 0 Å². The van der Waals surface area contributed by atoms with Crippen LogP contribution in [-0.2, 0) is 6.42 Å². The lowest BCUT2D eigenvalue weighted by molar-refractivity contribution is 0.246. The van der Waals surface area contributed by atoms with Crippen LogP contribution in [-0.4, -0.2) is 12.6 Å². The number of ether oxygens (including phenoxy) is 1. The molecule has 0 aromatic heterocycles. The third-order valence-electron chi connectivity index (χ3n) is 3.90. The number of nitrogens with one attached hydrogen (secondary N) is 1. The first-order valence-electron chi connectivity index (χ1n) is 7.30. The zero-order chi connectivity index (χ0) is 15.0. The summed E-state index contributed by atoms with van der Waals surface area (Å²) in [5.74, 6) is 1.03. The van der Waals surface area contributed by atoms with Gasteiger partial charge in [0.1, 0.15) is 11.9 Å². The Morgan fingerprint density at radius 1 is 1.14 bits per heavy atom. The molecule has 0 radical (unpaired) electrons. The van der Waals surface area contributed by atoms with Gasteiger partial charge in [-0.25, -0.2) is 0 Å². The molecule has 3 heteroatoms. The smallest absolute Gasteiger partial charge is 0.123 e. The molecule has 3 rings (SSSR count). The Morgan fingerprint density at radius 2 is 1.95 bits per heavy atom. The van der Waals surface area contributed by atoms with Gasteiger partial charge in [-0.2, -0.15) is 0 Å². The van der Waals surface area contributed by atoms with Crippen molar-refractivity contribution in [1.29, 1.82) is 0 Å². The van der Waals surface area contributed by atoms with Gasteiger partial charge in [-0.15, -0.1) is 0 Å². The molecule has 2 aromatic rings. The second-order valence-corrected chi connectivity index (χ2v) is 6.73. The molecule has 0 spiro atoms. The Hall–Kier alpha value is -1.48. The Labute approximate surface area is 134 Å². The first-order chi connectivity index (χ1) is 10.0. The van der Waals surface area contributed by atoms with Crippen LogP contribution in [0.3, 0.4) is 0 Å². The minimum Gasteiger partial charge on any atom is -0.488 e. The van der Waals surface area contributed by atoms with Gasteiger partial charge in [-0.1, -0.05) is 23.8 Å². The summed E-state index contributed by atoms with van der Waals surface area (Å²) >= 11 is 3.64. The minimum atomic E-state index is 0.203.